The fourth-order valence-corrected chi connectivity index (χ4v) is 0. The van der Waals surface area contributed by atoms with Crippen molar-refractivity contribution in [3.63, 3.8) is 0 Å². The molecule has 0 saturated carbocycles. The van der Waals surface area contributed by atoms with E-state index in [1.165, 1.54) is 0 Å². The lowest BCUT2D eigenvalue weighted by Crippen LogP contribution is -2.20. The van der Waals surface area contributed by atoms with Gasteiger partial charge >= 0.3 is 0 Å². The standard InChI is InChI=1S/C5H13BO/c1-5(2,3)6(4)7/h7H,1-4H3. The second-order valence-corrected chi connectivity index (χ2v) is 3.04. The van der Waals surface area contributed by atoms with E-state index < -0.39 is 0 Å². The zero-order chi connectivity index (χ0) is 6.08. The Bertz CT molecular complexity index is 53.6. The Morgan fingerprint density at radius 3 is 1.43 bits per heavy atom. The van der Waals surface area contributed by atoms with E-state index in [4.69, 9.17) is 5.02 Å². The van der Waals surface area contributed by atoms with Crippen molar-refractivity contribution < 1.29 is 5.02 Å². The SMILES string of the molecule is CB(O)C(C)(C)C. The maximum atomic E-state index is 8.89. The predicted molar refractivity (Wildman–Crippen MR) is 33.6 cm³/mol. The van der Waals surface area contributed by atoms with Gasteiger partial charge in [0, 0.05) is 0 Å². The maximum absolute atomic E-state index is 8.89. The van der Waals surface area contributed by atoms with Crippen LogP contribution in [-0.2, 0) is 0 Å². The van der Waals surface area contributed by atoms with Crippen molar-refractivity contribution in [2.45, 2.75) is 32.9 Å². The Hall–Kier alpha value is 0.0249. The molecule has 0 heterocycles. The molecule has 7 heavy (non-hydrogen) atoms. The average molecular weight is 100.0 g/mol. The highest BCUT2D eigenvalue weighted by Gasteiger charge is 2.21. The van der Waals surface area contributed by atoms with Crippen LogP contribution in [0.15, 0.2) is 0 Å². The molecule has 0 radical (unpaired) electrons. The molecule has 0 atom stereocenters. The van der Waals surface area contributed by atoms with Crippen LogP contribution < -0.4 is 0 Å². The minimum absolute atomic E-state index is 0.0556. The zero-order valence-corrected chi connectivity index (χ0v) is 5.52. The van der Waals surface area contributed by atoms with Crippen molar-refractivity contribution in [1.29, 1.82) is 0 Å². The van der Waals surface area contributed by atoms with Crippen molar-refractivity contribution >= 4 is 6.92 Å². The van der Waals surface area contributed by atoms with Crippen molar-refractivity contribution in [3.8, 4) is 0 Å². The summed E-state index contributed by atoms with van der Waals surface area (Å²) in [5, 5.41) is 8.94. The Balaban J connectivity index is 3.54. The maximum Gasteiger partial charge on any atom is 0.291 e. The van der Waals surface area contributed by atoms with Gasteiger partial charge in [-0.3, -0.25) is 0 Å². The normalized spacial score (nSPS) is 11.6. The highest BCUT2D eigenvalue weighted by Crippen LogP contribution is 2.24. The summed E-state index contributed by atoms with van der Waals surface area (Å²) in [6.45, 7) is 7.64. The van der Waals surface area contributed by atoms with Crippen LogP contribution in [0.2, 0.25) is 12.1 Å². The summed E-state index contributed by atoms with van der Waals surface area (Å²) in [6, 6.07) is 0. The zero-order valence-electron chi connectivity index (χ0n) is 5.52. The van der Waals surface area contributed by atoms with Crippen LogP contribution >= 0.6 is 0 Å². The van der Waals surface area contributed by atoms with Gasteiger partial charge in [0.1, 0.15) is 0 Å². The quantitative estimate of drug-likeness (QED) is 0.456. The number of hydrogen-bond acceptors (Lipinski definition) is 1. The van der Waals surface area contributed by atoms with Gasteiger partial charge in [0.25, 0.3) is 6.92 Å². The van der Waals surface area contributed by atoms with Gasteiger partial charge in [0.05, 0.1) is 0 Å². The predicted octanol–water partition coefficient (Wildman–Crippen LogP) is 1.40. The van der Waals surface area contributed by atoms with Crippen LogP contribution in [0.1, 0.15) is 20.8 Å². The summed E-state index contributed by atoms with van der Waals surface area (Å²) in [5.74, 6) is 0. The molecule has 0 aliphatic rings. The van der Waals surface area contributed by atoms with Crippen LogP contribution in [-0.4, -0.2) is 11.9 Å². The molecule has 42 valence electrons. The van der Waals surface area contributed by atoms with Gasteiger partial charge in [0.2, 0.25) is 0 Å². The molecule has 0 rings (SSSR count). The molecular weight excluding hydrogens is 86.9 g/mol. The van der Waals surface area contributed by atoms with Gasteiger partial charge in [-0.05, 0) is 5.31 Å². The summed E-state index contributed by atoms with van der Waals surface area (Å²) >= 11 is 0. The van der Waals surface area contributed by atoms with E-state index >= 15 is 0 Å². The second-order valence-electron chi connectivity index (χ2n) is 3.04. The van der Waals surface area contributed by atoms with Crippen molar-refractivity contribution in [2.24, 2.45) is 0 Å². The molecule has 0 fully saturated rings. The minimum Gasteiger partial charge on any atom is -0.450 e. The van der Waals surface area contributed by atoms with Crippen LogP contribution in [0, 0.1) is 0 Å². The molecule has 0 aromatic heterocycles. The minimum atomic E-state index is -0.201. The van der Waals surface area contributed by atoms with Crippen LogP contribution in [0.5, 0.6) is 0 Å². The van der Waals surface area contributed by atoms with E-state index in [2.05, 4.69) is 0 Å². The first-order chi connectivity index (χ1) is 2.94. The van der Waals surface area contributed by atoms with Crippen molar-refractivity contribution in [2.75, 3.05) is 0 Å². The Morgan fingerprint density at radius 2 is 1.43 bits per heavy atom. The summed E-state index contributed by atoms with van der Waals surface area (Å²) in [5.41, 5.74) is 0. The van der Waals surface area contributed by atoms with Gasteiger partial charge in [-0.25, -0.2) is 0 Å². The molecule has 0 unspecified atom stereocenters. The lowest BCUT2D eigenvalue weighted by atomic mass is 9.50. The van der Waals surface area contributed by atoms with Crippen LogP contribution in [0.25, 0.3) is 0 Å². The monoisotopic (exact) mass is 100 g/mol. The fourth-order valence-electron chi connectivity index (χ4n) is 0. The Labute approximate surface area is 45.9 Å². The fraction of sp³-hybridized carbons (Fsp3) is 1.00. The first-order valence-electron chi connectivity index (χ1n) is 2.62. The third kappa shape index (κ3) is 2.69. The topological polar surface area (TPSA) is 20.2 Å². The summed E-state index contributed by atoms with van der Waals surface area (Å²) in [4.78, 5) is 0. The third-order valence-corrected chi connectivity index (χ3v) is 1.25. The Kier molecular flexibility index (Phi) is 1.87. The van der Waals surface area contributed by atoms with Gasteiger partial charge < -0.3 is 5.02 Å². The van der Waals surface area contributed by atoms with Gasteiger partial charge in [-0.1, -0.05) is 27.6 Å². The van der Waals surface area contributed by atoms with Crippen LogP contribution in [0.3, 0.4) is 0 Å². The molecule has 0 aromatic rings. The molecule has 0 aliphatic carbocycles. The van der Waals surface area contributed by atoms with Crippen molar-refractivity contribution in [3.05, 3.63) is 0 Å². The molecule has 0 spiro atoms. The molecule has 0 saturated heterocycles. The van der Waals surface area contributed by atoms with E-state index in [-0.39, 0.29) is 12.2 Å². The van der Waals surface area contributed by atoms with Gasteiger partial charge in [-0.15, -0.1) is 0 Å². The first-order valence-corrected chi connectivity index (χ1v) is 2.62. The third-order valence-electron chi connectivity index (χ3n) is 1.25. The van der Waals surface area contributed by atoms with E-state index in [9.17, 15) is 0 Å². The van der Waals surface area contributed by atoms with E-state index in [0.717, 1.165) is 0 Å². The van der Waals surface area contributed by atoms with Crippen LogP contribution in [0.4, 0.5) is 0 Å². The lowest BCUT2D eigenvalue weighted by molar-refractivity contribution is 0.518. The van der Waals surface area contributed by atoms with E-state index in [0.29, 0.717) is 0 Å². The molecular formula is C5H13BO. The first kappa shape index (κ1) is 7.02. The van der Waals surface area contributed by atoms with Gasteiger partial charge in [-0.2, -0.15) is 0 Å². The van der Waals surface area contributed by atoms with E-state index in [1.807, 2.05) is 20.8 Å². The average Bonchev–Trinajstić information content (AvgIpc) is 1.31. The molecule has 0 aromatic carbocycles. The number of rotatable bonds is 0. The largest absolute Gasteiger partial charge is 0.450 e. The lowest BCUT2D eigenvalue weighted by Gasteiger charge is -2.17. The molecule has 0 amide bonds. The molecule has 0 aliphatic heterocycles. The summed E-state index contributed by atoms with van der Waals surface area (Å²) in [7, 11) is 0. The molecule has 2 heteroatoms. The van der Waals surface area contributed by atoms with Crippen molar-refractivity contribution in [1.82, 2.24) is 0 Å². The van der Waals surface area contributed by atoms with Gasteiger partial charge in [0.15, 0.2) is 0 Å². The molecule has 1 nitrogen and oxygen atoms in total. The Morgan fingerprint density at radius 1 is 1.29 bits per heavy atom. The molecule has 1 N–H and O–H groups in total. The molecule has 0 bridgehead atoms. The smallest absolute Gasteiger partial charge is 0.291 e. The summed E-state index contributed by atoms with van der Waals surface area (Å²) in [6.07, 6.45) is 0. The van der Waals surface area contributed by atoms with E-state index in [1.54, 1.807) is 6.82 Å². The number of hydrogen-bond donors (Lipinski definition) is 1. The summed E-state index contributed by atoms with van der Waals surface area (Å²) < 4.78 is 0. The second kappa shape index (κ2) is 1.87. The highest BCUT2D eigenvalue weighted by molar-refractivity contribution is 6.52. The highest BCUT2D eigenvalue weighted by atomic mass is 16.2.